The maximum Gasteiger partial charge on any atom is 0.119 e. The molecular weight excluding hydrogens is 238 g/mol. The van der Waals surface area contributed by atoms with E-state index in [1.165, 1.54) is 24.0 Å². The molecule has 2 atom stereocenters. The van der Waals surface area contributed by atoms with E-state index in [0.717, 1.165) is 25.2 Å². The highest BCUT2D eigenvalue weighted by Gasteiger charge is 2.32. The number of likely N-dealkylation sites (N-methyl/N-ethyl adjacent to an activating group) is 1. The van der Waals surface area contributed by atoms with E-state index >= 15 is 0 Å². The molecule has 2 unspecified atom stereocenters. The summed E-state index contributed by atoms with van der Waals surface area (Å²) in [5, 5.41) is 3.38. The molecule has 3 nitrogen and oxygen atoms in total. The Bertz CT molecular complexity index is 406. The summed E-state index contributed by atoms with van der Waals surface area (Å²) in [5.41, 5.74) is 2.70. The van der Waals surface area contributed by atoms with Crippen LogP contribution in [0.3, 0.4) is 0 Å². The van der Waals surface area contributed by atoms with E-state index in [-0.39, 0.29) is 12.1 Å². The number of fused-ring (bicyclic) bond motifs is 1. The molecule has 1 aromatic rings. The van der Waals surface area contributed by atoms with Gasteiger partial charge in [-0.25, -0.2) is 0 Å². The van der Waals surface area contributed by atoms with Crippen LogP contribution in [0.5, 0.6) is 5.75 Å². The van der Waals surface area contributed by atoms with Gasteiger partial charge in [-0.15, -0.1) is 0 Å². The standard InChI is InChI=1S/C16H25NO2/c1-4-5-6-9-19-15-10-12-7-8-13(18-3)11-14(12)16(15)17-2/h7-8,11,15-17H,4-6,9-10H2,1-3H3. The summed E-state index contributed by atoms with van der Waals surface area (Å²) in [7, 11) is 3.71. The van der Waals surface area contributed by atoms with Crippen LogP contribution in [0.2, 0.25) is 0 Å². The Balaban J connectivity index is 2.01. The van der Waals surface area contributed by atoms with Gasteiger partial charge in [0.1, 0.15) is 5.75 Å². The average Bonchev–Trinajstić information content (AvgIpc) is 2.79. The average molecular weight is 263 g/mol. The fourth-order valence-corrected chi connectivity index (χ4v) is 2.79. The smallest absolute Gasteiger partial charge is 0.119 e. The first-order chi connectivity index (χ1) is 9.30. The molecule has 0 aromatic heterocycles. The van der Waals surface area contributed by atoms with Crippen LogP contribution in [0.4, 0.5) is 0 Å². The summed E-state index contributed by atoms with van der Waals surface area (Å²) >= 11 is 0. The molecule has 1 N–H and O–H groups in total. The van der Waals surface area contributed by atoms with Gasteiger partial charge in [0.05, 0.1) is 19.3 Å². The topological polar surface area (TPSA) is 30.5 Å². The van der Waals surface area contributed by atoms with Gasteiger partial charge >= 0.3 is 0 Å². The highest BCUT2D eigenvalue weighted by Crippen LogP contribution is 2.35. The normalized spacial score (nSPS) is 21.4. The molecule has 0 saturated carbocycles. The number of hydrogen-bond donors (Lipinski definition) is 1. The zero-order valence-electron chi connectivity index (χ0n) is 12.2. The van der Waals surface area contributed by atoms with Gasteiger partial charge in [0.25, 0.3) is 0 Å². The minimum absolute atomic E-state index is 0.254. The van der Waals surface area contributed by atoms with Crippen LogP contribution in [0.25, 0.3) is 0 Å². The Hall–Kier alpha value is -1.06. The predicted octanol–water partition coefficient (Wildman–Crippen LogP) is 3.09. The molecule has 0 radical (unpaired) electrons. The van der Waals surface area contributed by atoms with E-state index < -0.39 is 0 Å². The number of hydrogen-bond acceptors (Lipinski definition) is 3. The molecule has 0 heterocycles. The number of benzene rings is 1. The van der Waals surface area contributed by atoms with Gasteiger partial charge in [-0.3, -0.25) is 0 Å². The molecule has 0 saturated heterocycles. The van der Waals surface area contributed by atoms with Gasteiger partial charge in [-0.2, -0.15) is 0 Å². The van der Waals surface area contributed by atoms with Gasteiger partial charge in [0, 0.05) is 13.0 Å². The Kier molecular flexibility index (Phi) is 5.23. The van der Waals surface area contributed by atoms with E-state index in [9.17, 15) is 0 Å². The van der Waals surface area contributed by atoms with E-state index in [1.54, 1.807) is 7.11 Å². The minimum atomic E-state index is 0.254. The van der Waals surface area contributed by atoms with Crippen LogP contribution in [0.1, 0.15) is 43.4 Å². The third-order valence-corrected chi connectivity index (χ3v) is 3.87. The molecule has 0 bridgehead atoms. The molecule has 0 fully saturated rings. The first kappa shape index (κ1) is 14.4. The van der Waals surface area contributed by atoms with Crippen LogP contribution in [-0.2, 0) is 11.2 Å². The second kappa shape index (κ2) is 6.92. The van der Waals surface area contributed by atoms with Crippen molar-refractivity contribution in [2.24, 2.45) is 0 Å². The van der Waals surface area contributed by atoms with Gasteiger partial charge in [0.2, 0.25) is 0 Å². The Morgan fingerprint density at radius 3 is 2.84 bits per heavy atom. The molecule has 0 aliphatic heterocycles. The second-order valence-corrected chi connectivity index (χ2v) is 5.15. The lowest BCUT2D eigenvalue weighted by molar-refractivity contribution is 0.0343. The quantitative estimate of drug-likeness (QED) is 0.767. The van der Waals surface area contributed by atoms with Crippen molar-refractivity contribution in [1.29, 1.82) is 0 Å². The molecule has 19 heavy (non-hydrogen) atoms. The fourth-order valence-electron chi connectivity index (χ4n) is 2.79. The monoisotopic (exact) mass is 263 g/mol. The van der Waals surface area contributed by atoms with Crippen molar-refractivity contribution in [2.75, 3.05) is 20.8 Å². The fraction of sp³-hybridized carbons (Fsp3) is 0.625. The third-order valence-electron chi connectivity index (χ3n) is 3.87. The largest absolute Gasteiger partial charge is 0.497 e. The summed E-state index contributed by atoms with van der Waals surface area (Å²) in [4.78, 5) is 0. The zero-order chi connectivity index (χ0) is 13.7. The lowest BCUT2D eigenvalue weighted by Crippen LogP contribution is -2.28. The van der Waals surface area contributed by atoms with Crippen LogP contribution < -0.4 is 10.1 Å². The van der Waals surface area contributed by atoms with E-state index in [2.05, 4.69) is 24.4 Å². The van der Waals surface area contributed by atoms with Crippen LogP contribution >= 0.6 is 0 Å². The third kappa shape index (κ3) is 3.28. The molecule has 0 amide bonds. The maximum atomic E-state index is 6.06. The molecule has 1 aromatic carbocycles. The van der Waals surface area contributed by atoms with E-state index in [1.807, 2.05) is 13.1 Å². The highest BCUT2D eigenvalue weighted by molar-refractivity contribution is 5.42. The number of rotatable bonds is 7. The zero-order valence-corrected chi connectivity index (χ0v) is 12.2. The van der Waals surface area contributed by atoms with Gasteiger partial charge < -0.3 is 14.8 Å². The lowest BCUT2D eigenvalue weighted by atomic mass is 10.1. The maximum absolute atomic E-state index is 6.06. The second-order valence-electron chi connectivity index (χ2n) is 5.15. The SMILES string of the molecule is CCCCCOC1Cc2ccc(OC)cc2C1NC. The van der Waals surface area contributed by atoms with Gasteiger partial charge in [-0.05, 0) is 36.7 Å². The van der Waals surface area contributed by atoms with Crippen molar-refractivity contribution in [3.63, 3.8) is 0 Å². The van der Waals surface area contributed by atoms with E-state index in [4.69, 9.17) is 9.47 Å². The van der Waals surface area contributed by atoms with Crippen molar-refractivity contribution in [3.05, 3.63) is 29.3 Å². The molecule has 1 aliphatic carbocycles. The predicted molar refractivity (Wildman–Crippen MR) is 77.8 cm³/mol. The first-order valence-electron chi connectivity index (χ1n) is 7.25. The highest BCUT2D eigenvalue weighted by atomic mass is 16.5. The summed E-state index contributed by atoms with van der Waals surface area (Å²) < 4.78 is 11.4. The molecule has 3 heteroatoms. The van der Waals surface area contributed by atoms with Crippen molar-refractivity contribution in [2.45, 2.75) is 44.8 Å². The minimum Gasteiger partial charge on any atom is -0.497 e. The van der Waals surface area contributed by atoms with Crippen molar-refractivity contribution < 1.29 is 9.47 Å². The van der Waals surface area contributed by atoms with Gasteiger partial charge in [0.15, 0.2) is 0 Å². The first-order valence-corrected chi connectivity index (χ1v) is 7.25. The van der Waals surface area contributed by atoms with Crippen LogP contribution in [0, 0.1) is 0 Å². The molecule has 1 aliphatic rings. The van der Waals surface area contributed by atoms with Gasteiger partial charge in [-0.1, -0.05) is 25.8 Å². The molecule has 106 valence electrons. The molecular formula is C16H25NO2. The number of nitrogens with one attached hydrogen (secondary N) is 1. The van der Waals surface area contributed by atoms with E-state index in [0.29, 0.717) is 0 Å². The summed E-state index contributed by atoms with van der Waals surface area (Å²) in [6, 6.07) is 6.61. The number of unbranched alkanes of at least 4 members (excludes halogenated alkanes) is 2. The lowest BCUT2D eigenvalue weighted by Gasteiger charge is -2.20. The molecule has 2 rings (SSSR count). The van der Waals surface area contributed by atoms with Crippen LogP contribution in [-0.4, -0.2) is 26.9 Å². The summed E-state index contributed by atoms with van der Waals surface area (Å²) in [6.07, 6.45) is 4.89. The Morgan fingerprint density at radius 1 is 1.32 bits per heavy atom. The number of methoxy groups -OCH3 is 1. The Morgan fingerprint density at radius 2 is 2.16 bits per heavy atom. The summed E-state index contributed by atoms with van der Waals surface area (Å²) in [5.74, 6) is 0.922. The Labute approximate surface area is 116 Å². The van der Waals surface area contributed by atoms with Crippen molar-refractivity contribution in [1.82, 2.24) is 5.32 Å². The number of ether oxygens (including phenoxy) is 2. The molecule has 0 spiro atoms. The van der Waals surface area contributed by atoms with Crippen LogP contribution in [0.15, 0.2) is 18.2 Å². The van der Waals surface area contributed by atoms with Crippen molar-refractivity contribution >= 4 is 0 Å². The summed E-state index contributed by atoms with van der Waals surface area (Å²) in [6.45, 7) is 3.08. The van der Waals surface area contributed by atoms with Crippen molar-refractivity contribution in [3.8, 4) is 5.75 Å².